The largest absolute Gasteiger partial charge is 0.272 e. The molecule has 2 aromatic carbocycles. The molecule has 0 aromatic heterocycles. The lowest BCUT2D eigenvalue weighted by molar-refractivity contribution is 1.20. The van der Waals surface area contributed by atoms with Gasteiger partial charge in [-0.3, -0.25) is 0 Å². The van der Waals surface area contributed by atoms with E-state index < -0.39 is 14.1 Å². The summed E-state index contributed by atoms with van der Waals surface area (Å²) in [7, 11) is 0. The first-order valence-corrected chi connectivity index (χ1v) is 8.91. The molecule has 0 amide bonds. The third-order valence-corrected chi connectivity index (χ3v) is 6.56. The van der Waals surface area contributed by atoms with Crippen LogP contribution in [0.2, 0.25) is 5.28 Å². The molecule has 0 heterocycles. The Labute approximate surface area is 109 Å². The summed E-state index contributed by atoms with van der Waals surface area (Å²) in [5.74, 6) is 0. The van der Waals surface area contributed by atoms with Crippen molar-refractivity contribution in [1.29, 1.82) is 0 Å². The second kappa shape index (κ2) is 6.65. The molecular weight excluding hydrogens is 219 g/mol. The Balaban J connectivity index is 1.98. The lowest BCUT2D eigenvalue weighted by atomic mass is 10.2. The second-order valence-electron chi connectivity index (χ2n) is 4.65. The van der Waals surface area contributed by atoms with E-state index in [2.05, 4.69) is 67.6 Å². The molecule has 0 aliphatic heterocycles. The van der Waals surface area contributed by atoms with Crippen LogP contribution < -0.4 is 0 Å². The molecule has 0 N–H and O–H groups in total. The average Bonchev–Trinajstić information content (AvgIpc) is 2.40. The lowest BCUT2D eigenvalue weighted by Gasteiger charge is -2.09. The monoisotopic (exact) mass is 238 g/mol. The van der Waals surface area contributed by atoms with Gasteiger partial charge in [0.1, 0.15) is 0 Å². The fraction of sp³-hybridized carbons (Fsp3) is 0.250. The average molecular weight is 238 g/mol. The van der Waals surface area contributed by atoms with Crippen molar-refractivity contribution in [2.75, 3.05) is 0 Å². The molecule has 0 fully saturated rings. The van der Waals surface area contributed by atoms with Gasteiger partial charge < -0.3 is 0 Å². The zero-order valence-electron chi connectivity index (χ0n) is 10.5. The molecule has 1 heteroatoms. The van der Waals surface area contributed by atoms with Crippen LogP contribution >= 0.6 is 0 Å². The van der Waals surface area contributed by atoms with Gasteiger partial charge in [0.25, 0.3) is 14.1 Å². The first-order chi connectivity index (χ1) is 8.38. The Morgan fingerprint density at radius 2 is 1.12 bits per heavy atom. The first-order valence-electron chi connectivity index (χ1n) is 6.46. The van der Waals surface area contributed by atoms with E-state index in [9.17, 15) is 0 Å². The zero-order valence-corrected chi connectivity index (χ0v) is 11.6. The van der Waals surface area contributed by atoms with Gasteiger partial charge in [-0.15, -0.1) is 0 Å². The number of rotatable bonds is 5. The molecule has 0 aliphatic carbocycles. The smallest absolute Gasteiger partial charge is 0.0963 e. The highest BCUT2D eigenvalue weighted by Crippen LogP contribution is 2.10. The minimum absolute atomic E-state index is 0.666. The summed E-state index contributed by atoms with van der Waals surface area (Å²) in [5, 5.41) is 4.03. The van der Waals surface area contributed by atoms with Gasteiger partial charge in [0.15, 0.2) is 0 Å². The molecule has 0 aliphatic rings. The van der Waals surface area contributed by atoms with Crippen LogP contribution in [-0.4, -0.2) is 14.1 Å². The normalized spacial score (nSPS) is 10.2. The summed E-state index contributed by atoms with van der Waals surface area (Å²) in [4.78, 5) is 0. The molecule has 86 valence electrons. The summed E-state index contributed by atoms with van der Waals surface area (Å²) < 4.78 is 0. The molecule has 0 bridgehead atoms. The number of benzene rings is 2. The molecule has 2 aromatic rings. The third-order valence-electron chi connectivity index (χ3n) is 3.31. The van der Waals surface area contributed by atoms with Gasteiger partial charge >= 0.3 is 0 Å². The van der Waals surface area contributed by atoms with E-state index in [1.165, 1.54) is 27.0 Å². The van der Waals surface area contributed by atoms with E-state index in [4.69, 9.17) is 0 Å². The van der Waals surface area contributed by atoms with Crippen LogP contribution in [0.15, 0.2) is 60.7 Å². The SMILES string of the molecule is C[CH2][Al]([CH2]c1ccccc1)[CH2]c1ccccc1. The van der Waals surface area contributed by atoms with Crippen LogP contribution in [0.1, 0.15) is 18.1 Å². The van der Waals surface area contributed by atoms with Crippen LogP contribution in [-0.2, 0) is 10.6 Å². The highest BCUT2D eigenvalue weighted by atomic mass is 27.2. The first kappa shape index (κ1) is 12.4. The molecule has 0 unspecified atom stereocenters. The summed E-state index contributed by atoms with van der Waals surface area (Å²) in [5.41, 5.74) is 3.03. The van der Waals surface area contributed by atoms with Gasteiger partial charge in [-0.1, -0.05) is 94.6 Å². The molecule has 2 rings (SSSR count). The molecule has 0 saturated heterocycles. The molecular formula is C16H19Al. The maximum Gasteiger partial charge on any atom is 0.272 e. The minimum atomic E-state index is -0.666. The van der Waals surface area contributed by atoms with E-state index in [1.807, 2.05) is 0 Å². The quantitative estimate of drug-likeness (QED) is 0.689. The molecule has 0 radical (unpaired) electrons. The summed E-state index contributed by atoms with van der Waals surface area (Å²) >= 11 is -0.666. The second-order valence-corrected chi connectivity index (χ2v) is 8.02. The number of hydrogen-bond donors (Lipinski definition) is 0. The van der Waals surface area contributed by atoms with Crippen LogP contribution in [0.25, 0.3) is 0 Å². The van der Waals surface area contributed by atoms with Crippen LogP contribution in [0.3, 0.4) is 0 Å². The van der Waals surface area contributed by atoms with Gasteiger partial charge in [0, 0.05) is 0 Å². The molecule has 0 spiro atoms. The molecule has 17 heavy (non-hydrogen) atoms. The van der Waals surface area contributed by atoms with Crippen molar-refractivity contribution in [3.05, 3.63) is 71.8 Å². The standard InChI is InChI=1S/2C7H7.C2H5.Al/c2*1-7-5-3-2-4-6-7;1-2;/h2*2-6H,1H2;1H2,2H3;. The molecule has 0 nitrogen and oxygen atoms in total. The van der Waals surface area contributed by atoms with Crippen LogP contribution in [0.5, 0.6) is 0 Å². The van der Waals surface area contributed by atoms with E-state index >= 15 is 0 Å². The Morgan fingerprint density at radius 3 is 1.47 bits per heavy atom. The lowest BCUT2D eigenvalue weighted by Crippen LogP contribution is -2.19. The van der Waals surface area contributed by atoms with Crippen molar-refractivity contribution in [2.24, 2.45) is 0 Å². The predicted molar refractivity (Wildman–Crippen MR) is 76.5 cm³/mol. The van der Waals surface area contributed by atoms with Crippen molar-refractivity contribution < 1.29 is 0 Å². The maximum atomic E-state index is 2.35. The minimum Gasteiger partial charge on any atom is -0.0963 e. The number of hydrogen-bond acceptors (Lipinski definition) is 0. The van der Waals surface area contributed by atoms with Crippen LogP contribution in [0.4, 0.5) is 0 Å². The van der Waals surface area contributed by atoms with Crippen LogP contribution in [0, 0.1) is 0 Å². The molecule has 0 saturated carbocycles. The van der Waals surface area contributed by atoms with E-state index in [1.54, 1.807) is 0 Å². The van der Waals surface area contributed by atoms with Gasteiger partial charge in [-0.25, -0.2) is 0 Å². The summed E-state index contributed by atoms with van der Waals surface area (Å²) in [6.07, 6.45) is 0. The highest BCUT2D eigenvalue weighted by Gasteiger charge is 2.15. The predicted octanol–water partition coefficient (Wildman–Crippen LogP) is 4.06. The molecule has 0 atom stereocenters. The van der Waals surface area contributed by atoms with Crippen molar-refractivity contribution >= 4 is 14.1 Å². The summed E-state index contributed by atoms with van der Waals surface area (Å²) in [6.45, 7) is 2.35. The van der Waals surface area contributed by atoms with Crippen molar-refractivity contribution in [2.45, 2.75) is 22.8 Å². The van der Waals surface area contributed by atoms with Gasteiger partial charge in [-0.2, -0.15) is 0 Å². The Morgan fingerprint density at radius 1 is 0.706 bits per heavy atom. The topological polar surface area (TPSA) is 0 Å². The van der Waals surface area contributed by atoms with Crippen molar-refractivity contribution in [1.82, 2.24) is 0 Å². The maximum absolute atomic E-state index is 2.35. The van der Waals surface area contributed by atoms with Gasteiger partial charge in [-0.05, 0) is 0 Å². The van der Waals surface area contributed by atoms with Crippen molar-refractivity contribution in [3.8, 4) is 0 Å². The van der Waals surface area contributed by atoms with E-state index in [-0.39, 0.29) is 0 Å². The zero-order chi connectivity index (χ0) is 11.9. The Kier molecular flexibility index (Phi) is 4.86. The van der Waals surface area contributed by atoms with Gasteiger partial charge in [0.05, 0.1) is 0 Å². The fourth-order valence-electron chi connectivity index (χ4n) is 2.26. The fourth-order valence-corrected chi connectivity index (χ4v) is 4.86. The van der Waals surface area contributed by atoms with Gasteiger partial charge in [0.2, 0.25) is 0 Å². The van der Waals surface area contributed by atoms with E-state index in [0.29, 0.717) is 0 Å². The highest BCUT2D eigenvalue weighted by molar-refractivity contribution is 6.57. The van der Waals surface area contributed by atoms with E-state index in [0.717, 1.165) is 0 Å². The summed E-state index contributed by atoms with van der Waals surface area (Å²) in [6, 6.07) is 21.9. The third kappa shape index (κ3) is 4.04. The van der Waals surface area contributed by atoms with Crippen molar-refractivity contribution in [3.63, 3.8) is 0 Å². The Hall–Kier alpha value is -1.03. The Bertz CT molecular complexity index is 380.